The van der Waals surface area contributed by atoms with Crippen LogP contribution in [0.2, 0.25) is 0 Å². The molecule has 4 heteroatoms. The molecule has 0 saturated carbocycles. The standard InChI is InChI=1S/C25H43NO3/c1-2-3-4-5-6-7-8-9-10-11-12-13-14-15-16-25(29)26-20-19-22-17-18-23(27)24(28)21-22/h17-18,21,27-28H,2-16,19-20H2,1H3,(H,26,29). The van der Waals surface area contributed by atoms with Crippen molar-refractivity contribution in [2.75, 3.05) is 6.54 Å². The Kier molecular flexibility index (Phi) is 15.0. The third-order valence-corrected chi connectivity index (χ3v) is 5.53. The maximum absolute atomic E-state index is 11.9. The lowest BCUT2D eigenvalue weighted by Gasteiger charge is -2.07. The minimum absolute atomic E-state index is 0.104. The monoisotopic (exact) mass is 405 g/mol. The Morgan fingerprint density at radius 2 is 1.28 bits per heavy atom. The zero-order chi connectivity index (χ0) is 21.2. The van der Waals surface area contributed by atoms with Crippen LogP contribution >= 0.6 is 0 Å². The largest absolute Gasteiger partial charge is 0.504 e. The summed E-state index contributed by atoms with van der Waals surface area (Å²) in [6, 6.07) is 4.77. The van der Waals surface area contributed by atoms with Gasteiger partial charge in [0.2, 0.25) is 5.91 Å². The Balaban J connectivity index is 1.85. The number of amides is 1. The molecular formula is C25H43NO3. The van der Waals surface area contributed by atoms with Gasteiger partial charge >= 0.3 is 0 Å². The molecule has 1 aromatic rings. The first-order chi connectivity index (χ1) is 14.1. The molecule has 0 heterocycles. The van der Waals surface area contributed by atoms with Crippen LogP contribution in [0.15, 0.2) is 18.2 Å². The van der Waals surface area contributed by atoms with Crippen LogP contribution in [0, 0.1) is 0 Å². The van der Waals surface area contributed by atoms with E-state index < -0.39 is 0 Å². The predicted molar refractivity (Wildman–Crippen MR) is 121 cm³/mol. The summed E-state index contributed by atoms with van der Waals surface area (Å²) in [6.45, 7) is 2.82. The SMILES string of the molecule is CCCCCCCCCCCCCCCCC(=O)NCCc1ccc(O)c(O)c1. The van der Waals surface area contributed by atoms with E-state index in [2.05, 4.69) is 12.2 Å². The smallest absolute Gasteiger partial charge is 0.220 e. The van der Waals surface area contributed by atoms with E-state index in [4.69, 9.17) is 0 Å². The number of benzene rings is 1. The van der Waals surface area contributed by atoms with Gasteiger partial charge in [-0.3, -0.25) is 4.79 Å². The fraction of sp³-hybridized carbons (Fsp3) is 0.720. The Bertz CT molecular complexity index is 545. The second-order valence-electron chi connectivity index (χ2n) is 8.27. The zero-order valence-electron chi connectivity index (χ0n) is 18.6. The lowest BCUT2D eigenvalue weighted by molar-refractivity contribution is -0.121. The second-order valence-corrected chi connectivity index (χ2v) is 8.27. The second kappa shape index (κ2) is 17.2. The summed E-state index contributed by atoms with van der Waals surface area (Å²) >= 11 is 0. The van der Waals surface area contributed by atoms with Gasteiger partial charge in [0.15, 0.2) is 11.5 Å². The Hall–Kier alpha value is -1.71. The highest BCUT2D eigenvalue weighted by Gasteiger charge is 2.03. The van der Waals surface area contributed by atoms with Crippen LogP contribution in [0.25, 0.3) is 0 Å². The fourth-order valence-electron chi connectivity index (χ4n) is 3.64. The number of hydrogen-bond acceptors (Lipinski definition) is 3. The molecule has 0 unspecified atom stereocenters. The number of unbranched alkanes of at least 4 members (excludes halogenated alkanes) is 13. The van der Waals surface area contributed by atoms with E-state index in [1.165, 1.54) is 89.2 Å². The maximum Gasteiger partial charge on any atom is 0.220 e. The molecule has 3 N–H and O–H groups in total. The van der Waals surface area contributed by atoms with E-state index >= 15 is 0 Å². The molecule has 0 spiro atoms. The molecule has 29 heavy (non-hydrogen) atoms. The molecule has 0 saturated heterocycles. The van der Waals surface area contributed by atoms with Crippen LogP contribution < -0.4 is 5.32 Å². The third-order valence-electron chi connectivity index (χ3n) is 5.53. The highest BCUT2D eigenvalue weighted by atomic mass is 16.3. The average molecular weight is 406 g/mol. The van der Waals surface area contributed by atoms with Crippen molar-refractivity contribution in [1.82, 2.24) is 5.32 Å². The third kappa shape index (κ3) is 14.0. The zero-order valence-corrected chi connectivity index (χ0v) is 18.6. The van der Waals surface area contributed by atoms with E-state index in [0.717, 1.165) is 18.4 Å². The van der Waals surface area contributed by atoms with E-state index in [-0.39, 0.29) is 17.4 Å². The van der Waals surface area contributed by atoms with Crippen LogP contribution in [-0.2, 0) is 11.2 Å². The van der Waals surface area contributed by atoms with Crippen molar-refractivity contribution in [3.8, 4) is 11.5 Å². The molecule has 0 atom stereocenters. The molecule has 0 fully saturated rings. The summed E-state index contributed by atoms with van der Waals surface area (Å²) in [7, 11) is 0. The molecular weight excluding hydrogens is 362 g/mol. The normalized spacial score (nSPS) is 10.9. The van der Waals surface area contributed by atoms with Gasteiger partial charge in [0, 0.05) is 13.0 Å². The van der Waals surface area contributed by atoms with Gasteiger partial charge in [-0.2, -0.15) is 0 Å². The van der Waals surface area contributed by atoms with E-state index in [0.29, 0.717) is 19.4 Å². The fourth-order valence-corrected chi connectivity index (χ4v) is 3.64. The van der Waals surface area contributed by atoms with Crippen molar-refractivity contribution in [1.29, 1.82) is 0 Å². The topological polar surface area (TPSA) is 69.6 Å². The lowest BCUT2D eigenvalue weighted by Crippen LogP contribution is -2.25. The molecule has 0 aliphatic heterocycles. The van der Waals surface area contributed by atoms with Crippen molar-refractivity contribution in [2.45, 2.75) is 110 Å². The van der Waals surface area contributed by atoms with E-state index in [1.54, 1.807) is 6.07 Å². The van der Waals surface area contributed by atoms with Crippen molar-refractivity contribution >= 4 is 5.91 Å². The van der Waals surface area contributed by atoms with Gasteiger partial charge in [-0.1, -0.05) is 96.5 Å². The minimum atomic E-state index is -0.115. The maximum atomic E-state index is 11.9. The molecule has 166 valence electrons. The minimum Gasteiger partial charge on any atom is -0.504 e. The summed E-state index contributed by atoms with van der Waals surface area (Å²) in [5, 5.41) is 21.7. The van der Waals surface area contributed by atoms with Gasteiger partial charge in [-0.15, -0.1) is 0 Å². The lowest BCUT2D eigenvalue weighted by atomic mass is 10.0. The first-order valence-electron chi connectivity index (χ1n) is 11.9. The Morgan fingerprint density at radius 1 is 0.759 bits per heavy atom. The van der Waals surface area contributed by atoms with Gasteiger partial charge in [0.25, 0.3) is 0 Å². The van der Waals surface area contributed by atoms with Gasteiger partial charge in [0.1, 0.15) is 0 Å². The quantitative estimate of drug-likeness (QED) is 0.190. The number of hydrogen-bond donors (Lipinski definition) is 3. The number of carbonyl (C=O) groups excluding carboxylic acids is 1. The summed E-state index contributed by atoms with van der Waals surface area (Å²) in [5.74, 6) is -0.126. The molecule has 0 aliphatic rings. The molecule has 0 radical (unpaired) electrons. The van der Waals surface area contributed by atoms with Crippen molar-refractivity contribution in [3.63, 3.8) is 0 Å². The van der Waals surface area contributed by atoms with E-state index in [1.807, 2.05) is 0 Å². The summed E-state index contributed by atoms with van der Waals surface area (Å²) in [4.78, 5) is 11.9. The number of nitrogens with one attached hydrogen (secondary N) is 1. The van der Waals surface area contributed by atoms with Crippen molar-refractivity contribution < 1.29 is 15.0 Å². The molecule has 0 aliphatic carbocycles. The van der Waals surface area contributed by atoms with E-state index in [9.17, 15) is 15.0 Å². The van der Waals surface area contributed by atoms with Crippen LogP contribution in [0.5, 0.6) is 11.5 Å². The first kappa shape index (κ1) is 25.3. The summed E-state index contributed by atoms with van der Waals surface area (Å²) in [6.07, 6.45) is 19.7. The van der Waals surface area contributed by atoms with Gasteiger partial charge < -0.3 is 15.5 Å². The van der Waals surface area contributed by atoms with Crippen LogP contribution in [0.4, 0.5) is 0 Å². The molecule has 0 aromatic heterocycles. The van der Waals surface area contributed by atoms with Gasteiger partial charge in [0.05, 0.1) is 0 Å². The number of rotatable bonds is 18. The average Bonchev–Trinajstić information content (AvgIpc) is 2.71. The Morgan fingerprint density at radius 3 is 1.79 bits per heavy atom. The van der Waals surface area contributed by atoms with Gasteiger partial charge in [-0.05, 0) is 30.5 Å². The molecule has 4 nitrogen and oxygen atoms in total. The molecule has 1 rings (SSSR count). The number of phenols is 2. The molecule has 1 amide bonds. The number of phenolic OH excluding ortho intramolecular Hbond substituents is 2. The summed E-state index contributed by atoms with van der Waals surface area (Å²) in [5.41, 5.74) is 0.900. The molecule has 0 bridgehead atoms. The van der Waals surface area contributed by atoms with Crippen molar-refractivity contribution in [2.24, 2.45) is 0 Å². The number of aromatic hydroxyl groups is 2. The highest BCUT2D eigenvalue weighted by Crippen LogP contribution is 2.24. The van der Waals surface area contributed by atoms with Crippen molar-refractivity contribution in [3.05, 3.63) is 23.8 Å². The molecule has 1 aromatic carbocycles. The number of carbonyl (C=O) groups is 1. The summed E-state index contributed by atoms with van der Waals surface area (Å²) < 4.78 is 0. The highest BCUT2D eigenvalue weighted by molar-refractivity contribution is 5.75. The van der Waals surface area contributed by atoms with Crippen LogP contribution in [-0.4, -0.2) is 22.7 Å². The van der Waals surface area contributed by atoms with Crippen LogP contribution in [0.1, 0.15) is 109 Å². The van der Waals surface area contributed by atoms with Gasteiger partial charge in [-0.25, -0.2) is 0 Å². The Labute approximate surface area is 178 Å². The first-order valence-corrected chi connectivity index (χ1v) is 11.9. The van der Waals surface area contributed by atoms with Crippen LogP contribution in [0.3, 0.4) is 0 Å². The predicted octanol–water partition coefficient (Wildman–Crippen LogP) is 6.63.